The third kappa shape index (κ3) is 4.89. The normalized spacial score (nSPS) is 9.10. The van der Waals surface area contributed by atoms with Gasteiger partial charge in [-0.1, -0.05) is 12.0 Å². The second-order valence-corrected chi connectivity index (χ2v) is 2.15. The fraction of sp³-hybridized carbons (Fsp3) is 0.600. The largest absolute Gasteiger partial charge is 0.366 e. The van der Waals surface area contributed by atoms with Crippen molar-refractivity contribution in [1.29, 1.82) is 0 Å². The summed E-state index contributed by atoms with van der Waals surface area (Å²) in [5, 5.41) is 11.9. The molecule has 0 aliphatic rings. The lowest BCUT2D eigenvalue weighted by molar-refractivity contribution is -0.536. The summed E-state index contributed by atoms with van der Waals surface area (Å²) in [6.45, 7) is 7.11. The summed E-state index contributed by atoms with van der Waals surface area (Å²) in [5.41, 5.74) is 1.89. The third-order valence-electron chi connectivity index (χ3n) is 0.689. The molecule has 0 spiro atoms. The molecule has 0 aromatic carbocycles. The van der Waals surface area contributed by atoms with Crippen LogP contribution in [0.25, 0.3) is 0 Å². The van der Waals surface area contributed by atoms with Crippen LogP contribution in [0.4, 0.5) is 0 Å². The van der Waals surface area contributed by atoms with Gasteiger partial charge in [0, 0.05) is 6.04 Å². The number of hydrazine groups is 1. The van der Waals surface area contributed by atoms with Gasteiger partial charge in [0.2, 0.25) is 0 Å². The Morgan fingerprint density at radius 2 is 2.20 bits per heavy atom. The Morgan fingerprint density at radius 3 is 2.50 bits per heavy atom. The lowest BCUT2D eigenvalue weighted by atomic mass is 10.4. The van der Waals surface area contributed by atoms with E-state index in [-0.39, 0.29) is 11.9 Å². The number of nitrogens with zero attached hydrogens (tertiary/aromatic N) is 1. The van der Waals surface area contributed by atoms with E-state index >= 15 is 0 Å². The van der Waals surface area contributed by atoms with Crippen LogP contribution in [0.3, 0.4) is 0 Å². The minimum absolute atomic E-state index is 0.153. The molecule has 0 aliphatic carbocycles. The molecule has 0 unspecified atom stereocenters. The van der Waals surface area contributed by atoms with E-state index in [0.717, 1.165) is 0 Å². The summed E-state index contributed by atoms with van der Waals surface area (Å²) in [6, 6.07) is 0.153. The van der Waals surface area contributed by atoms with Gasteiger partial charge in [-0.3, -0.25) is 0 Å². The van der Waals surface area contributed by atoms with Gasteiger partial charge in [-0.05, 0) is 13.8 Å². The Morgan fingerprint density at radius 1 is 1.70 bits per heavy atom. The SMILES string of the molecule is C=C(NC(C)C)N[N+](=O)[O-]. The van der Waals surface area contributed by atoms with Crippen molar-refractivity contribution in [2.75, 3.05) is 0 Å². The third-order valence-corrected chi connectivity index (χ3v) is 0.689. The second kappa shape index (κ2) is 3.71. The maximum Gasteiger partial charge on any atom is 0.163 e. The molecule has 0 saturated carbocycles. The quantitative estimate of drug-likeness (QED) is 0.439. The van der Waals surface area contributed by atoms with Crippen molar-refractivity contribution in [2.24, 2.45) is 0 Å². The molecule has 10 heavy (non-hydrogen) atoms. The van der Waals surface area contributed by atoms with Crippen LogP contribution in [0.1, 0.15) is 13.8 Å². The van der Waals surface area contributed by atoms with Crippen molar-refractivity contribution in [3.63, 3.8) is 0 Å². The first kappa shape index (κ1) is 8.74. The highest BCUT2D eigenvalue weighted by atomic mass is 16.7. The predicted octanol–water partition coefficient (Wildman–Crippen LogP) is 0.237. The van der Waals surface area contributed by atoms with E-state index < -0.39 is 5.03 Å². The lowest BCUT2D eigenvalue weighted by Gasteiger charge is -2.08. The number of hydrogen-bond donors (Lipinski definition) is 2. The van der Waals surface area contributed by atoms with Crippen LogP contribution < -0.4 is 10.7 Å². The Kier molecular flexibility index (Phi) is 3.24. The maximum absolute atomic E-state index is 9.78. The van der Waals surface area contributed by atoms with E-state index in [1.807, 2.05) is 19.3 Å². The Labute approximate surface area is 59.2 Å². The van der Waals surface area contributed by atoms with E-state index in [9.17, 15) is 10.1 Å². The molecule has 0 radical (unpaired) electrons. The molecular formula is C5H11N3O2. The van der Waals surface area contributed by atoms with Gasteiger partial charge in [-0.15, -0.1) is 0 Å². The average molecular weight is 145 g/mol. The molecule has 2 N–H and O–H groups in total. The maximum atomic E-state index is 9.78. The fourth-order valence-electron chi connectivity index (χ4n) is 0.491. The zero-order chi connectivity index (χ0) is 8.15. The molecule has 0 bridgehead atoms. The molecule has 0 saturated heterocycles. The summed E-state index contributed by atoms with van der Waals surface area (Å²) in [4.78, 5) is 9.78. The molecule has 58 valence electrons. The molecule has 5 nitrogen and oxygen atoms in total. The fourth-order valence-corrected chi connectivity index (χ4v) is 0.491. The van der Waals surface area contributed by atoms with Crippen molar-refractivity contribution in [3.8, 4) is 0 Å². The van der Waals surface area contributed by atoms with Crippen molar-refractivity contribution in [3.05, 3.63) is 22.5 Å². The van der Waals surface area contributed by atoms with Gasteiger partial charge >= 0.3 is 0 Å². The first-order valence-corrected chi connectivity index (χ1v) is 2.89. The summed E-state index contributed by atoms with van der Waals surface area (Å²) in [7, 11) is 0. The van der Waals surface area contributed by atoms with E-state index in [0.29, 0.717) is 0 Å². The van der Waals surface area contributed by atoms with E-state index in [4.69, 9.17) is 0 Å². The van der Waals surface area contributed by atoms with Crippen LogP contribution in [0.2, 0.25) is 0 Å². The smallest absolute Gasteiger partial charge is 0.163 e. The molecular weight excluding hydrogens is 134 g/mol. The van der Waals surface area contributed by atoms with Crippen molar-refractivity contribution in [1.82, 2.24) is 10.7 Å². The minimum atomic E-state index is -0.655. The highest BCUT2D eigenvalue weighted by Gasteiger charge is 1.99. The highest BCUT2D eigenvalue weighted by Crippen LogP contribution is 1.81. The number of nitrogens with one attached hydrogen (secondary N) is 2. The first-order valence-electron chi connectivity index (χ1n) is 2.89. The standard InChI is InChI=1S/C5H11N3O2/c1-4(2)6-5(3)7-8(9)10/h4,6-7H,3H2,1-2H3. The van der Waals surface area contributed by atoms with Crippen molar-refractivity contribution >= 4 is 0 Å². The minimum Gasteiger partial charge on any atom is -0.366 e. The molecule has 0 atom stereocenters. The summed E-state index contributed by atoms with van der Waals surface area (Å²) in [5.74, 6) is 0.208. The van der Waals surface area contributed by atoms with Crippen LogP contribution in [-0.2, 0) is 0 Å². The molecule has 0 amide bonds. The average Bonchev–Trinajstić information content (AvgIpc) is 1.58. The number of nitro groups is 1. The van der Waals surface area contributed by atoms with Gasteiger partial charge in [0.1, 0.15) is 0 Å². The Hall–Kier alpha value is -1.26. The van der Waals surface area contributed by atoms with Gasteiger partial charge < -0.3 is 5.32 Å². The predicted molar refractivity (Wildman–Crippen MR) is 37.5 cm³/mol. The van der Waals surface area contributed by atoms with E-state index in [1.54, 1.807) is 0 Å². The zero-order valence-electron chi connectivity index (χ0n) is 6.05. The van der Waals surface area contributed by atoms with Crippen LogP contribution in [0.15, 0.2) is 12.4 Å². The molecule has 0 fully saturated rings. The van der Waals surface area contributed by atoms with E-state index in [1.165, 1.54) is 0 Å². The van der Waals surface area contributed by atoms with Crippen LogP contribution >= 0.6 is 0 Å². The van der Waals surface area contributed by atoms with Gasteiger partial charge in [-0.2, -0.15) is 0 Å². The molecule has 0 heterocycles. The molecule has 0 aromatic heterocycles. The van der Waals surface area contributed by atoms with Crippen LogP contribution in [0.5, 0.6) is 0 Å². The second-order valence-electron chi connectivity index (χ2n) is 2.15. The molecule has 5 heteroatoms. The molecule has 0 aliphatic heterocycles. The van der Waals surface area contributed by atoms with Gasteiger partial charge in [0.05, 0.1) is 0 Å². The summed E-state index contributed by atoms with van der Waals surface area (Å²) >= 11 is 0. The topological polar surface area (TPSA) is 67.2 Å². The zero-order valence-corrected chi connectivity index (χ0v) is 6.05. The van der Waals surface area contributed by atoms with Gasteiger partial charge in [0.25, 0.3) is 0 Å². The monoisotopic (exact) mass is 145 g/mol. The first-order chi connectivity index (χ1) is 4.52. The number of rotatable bonds is 4. The summed E-state index contributed by atoms with van der Waals surface area (Å²) < 4.78 is 0. The van der Waals surface area contributed by atoms with Gasteiger partial charge in [-0.25, -0.2) is 10.1 Å². The molecule has 0 aromatic rings. The lowest BCUT2D eigenvalue weighted by Crippen LogP contribution is -2.33. The van der Waals surface area contributed by atoms with Crippen molar-refractivity contribution < 1.29 is 5.03 Å². The summed E-state index contributed by atoms with van der Waals surface area (Å²) in [6.07, 6.45) is 0. The van der Waals surface area contributed by atoms with Crippen LogP contribution in [-0.4, -0.2) is 11.1 Å². The number of hydrogen-bond acceptors (Lipinski definition) is 3. The Bertz CT molecular complexity index is 144. The van der Waals surface area contributed by atoms with E-state index in [2.05, 4.69) is 11.9 Å². The highest BCUT2D eigenvalue weighted by molar-refractivity contribution is 4.85. The van der Waals surface area contributed by atoms with Gasteiger partial charge in [0.15, 0.2) is 10.9 Å². The molecule has 0 rings (SSSR count). The van der Waals surface area contributed by atoms with Crippen molar-refractivity contribution in [2.45, 2.75) is 19.9 Å². The van der Waals surface area contributed by atoms with Crippen LogP contribution in [0, 0.1) is 10.1 Å². The Balaban J connectivity index is 3.54.